The molecule has 0 radical (unpaired) electrons. The third-order valence-electron chi connectivity index (χ3n) is 5.56. The maximum absolute atomic E-state index is 12.9. The quantitative estimate of drug-likeness (QED) is 0.612. The summed E-state index contributed by atoms with van der Waals surface area (Å²) in [6.45, 7) is 5.35. The molecule has 1 aliphatic heterocycles. The van der Waals surface area contributed by atoms with Gasteiger partial charge in [-0.2, -0.15) is 5.10 Å². The maximum atomic E-state index is 12.9. The molecule has 0 bridgehead atoms. The normalized spacial score (nSPS) is 15.3. The summed E-state index contributed by atoms with van der Waals surface area (Å²) in [6, 6.07) is 8.14. The molecule has 5 rings (SSSR count). The number of carbonyl (C=O) groups excluding carboxylic acids is 1. The number of hydrogen-bond donors (Lipinski definition) is 2. The lowest BCUT2D eigenvalue weighted by molar-refractivity contribution is 0.0949. The summed E-state index contributed by atoms with van der Waals surface area (Å²) in [7, 11) is 0. The van der Waals surface area contributed by atoms with E-state index >= 15 is 0 Å². The minimum absolute atomic E-state index is 0.136. The molecular weight excluding hydrogens is 402 g/mol. The largest absolute Gasteiger partial charge is 0.486 e. The minimum atomic E-state index is -0.136. The third kappa shape index (κ3) is 3.28. The molecule has 0 atom stereocenters. The van der Waals surface area contributed by atoms with Gasteiger partial charge in [0, 0.05) is 29.2 Å². The molecule has 1 fully saturated rings. The van der Waals surface area contributed by atoms with Crippen LogP contribution in [0.25, 0.3) is 5.69 Å². The molecule has 1 amide bonds. The first-order chi connectivity index (χ1) is 14.5. The minimum Gasteiger partial charge on any atom is -0.486 e. The molecule has 3 heterocycles. The maximum Gasteiger partial charge on any atom is 0.253 e. The van der Waals surface area contributed by atoms with Gasteiger partial charge < -0.3 is 19.4 Å². The molecule has 0 spiro atoms. The Hall–Kier alpha value is -3.07. The number of aromatic amines is 1. The van der Waals surface area contributed by atoms with Crippen LogP contribution in [-0.4, -0.2) is 38.5 Å². The number of nitrogens with one attached hydrogen (secondary N) is 2. The van der Waals surface area contributed by atoms with Gasteiger partial charge in [-0.25, -0.2) is 0 Å². The fraction of sp³-hybridized carbons (Fsp3) is 0.381. The molecule has 0 unspecified atom stereocenters. The van der Waals surface area contributed by atoms with Crippen molar-refractivity contribution in [1.82, 2.24) is 24.6 Å². The Kier molecular flexibility index (Phi) is 4.62. The van der Waals surface area contributed by atoms with Gasteiger partial charge in [-0.3, -0.25) is 14.5 Å². The summed E-state index contributed by atoms with van der Waals surface area (Å²) in [6.07, 6.45) is 2.21. The van der Waals surface area contributed by atoms with Crippen molar-refractivity contribution in [2.24, 2.45) is 0 Å². The number of benzene rings is 1. The van der Waals surface area contributed by atoms with Crippen molar-refractivity contribution >= 4 is 18.1 Å². The number of ether oxygens (including phenoxy) is 2. The van der Waals surface area contributed by atoms with Gasteiger partial charge in [0.15, 0.2) is 22.1 Å². The van der Waals surface area contributed by atoms with Crippen LogP contribution in [0.3, 0.4) is 0 Å². The zero-order valence-electron chi connectivity index (χ0n) is 16.9. The smallest absolute Gasteiger partial charge is 0.253 e. The van der Waals surface area contributed by atoms with Gasteiger partial charge >= 0.3 is 0 Å². The van der Waals surface area contributed by atoms with Crippen LogP contribution >= 0.6 is 12.2 Å². The molecule has 0 saturated heterocycles. The van der Waals surface area contributed by atoms with Gasteiger partial charge in [0.1, 0.15) is 13.2 Å². The van der Waals surface area contributed by atoms with E-state index in [1.165, 1.54) is 0 Å². The van der Waals surface area contributed by atoms with E-state index < -0.39 is 0 Å². The fourth-order valence-corrected chi connectivity index (χ4v) is 4.29. The first-order valence-electron chi connectivity index (χ1n) is 10.1. The van der Waals surface area contributed by atoms with Crippen molar-refractivity contribution in [2.45, 2.75) is 39.3 Å². The van der Waals surface area contributed by atoms with Crippen molar-refractivity contribution in [3.8, 4) is 17.2 Å². The lowest BCUT2D eigenvalue weighted by Gasteiger charge is -2.20. The van der Waals surface area contributed by atoms with Crippen LogP contribution in [0.5, 0.6) is 11.5 Å². The number of H-pyrrole nitrogens is 1. The number of nitrogens with zero attached hydrogens (tertiary/aromatic N) is 3. The molecule has 3 aromatic rings. The third-order valence-corrected chi connectivity index (χ3v) is 5.84. The molecule has 1 aliphatic carbocycles. The molecule has 8 nitrogen and oxygen atoms in total. The summed E-state index contributed by atoms with van der Waals surface area (Å²) in [5.74, 6) is 2.09. The zero-order chi connectivity index (χ0) is 20.8. The standard InChI is InChI=1S/C21H23N5O3S/c1-12-9-16(20(27)22-11-19-23-24-21(30)26(19)14-3-4-14)13(2)25(12)15-5-6-17-18(10-15)29-8-7-28-17/h5-6,9-10,14H,3-4,7-8,11H2,1-2H3,(H,22,27)(H,24,30). The SMILES string of the molecule is Cc1cc(C(=O)NCc2n[nH]c(=S)n2C2CC2)c(C)n1-c1ccc2c(c1)OCCO2. The predicted octanol–water partition coefficient (Wildman–Crippen LogP) is 3.38. The monoisotopic (exact) mass is 425 g/mol. The second-order valence-electron chi connectivity index (χ2n) is 7.68. The molecule has 156 valence electrons. The molecule has 1 aromatic carbocycles. The Bertz CT molecular complexity index is 1190. The van der Waals surface area contributed by atoms with E-state index in [0.29, 0.717) is 36.1 Å². The number of aromatic nitrogens is 4. The Balaban J connectivity index is 1.38. The van der Waals surface area contributed by atoms with Gasteiger partial charge in [0.25, 0.3) is 5.91 Å². The highest BCUT2D eigenvalue weighted by Crippen LogP contribution is 2.36. The molecule has 9 heteroatoms. The molecular formula is C21H23N5O3S. The highest BCUT2D eigenvalue weighted by atomic mass is 32.1. The Morgan fingerprint density at radius 1 is 1.23 bits per heavy atom. The van der Waals surface area contributed by atoms with Crippen LogP contribution in [0.2, 0.25) is 0 Å². The van der Waals surface area contributed by atoms with Crippen LogP contribution in [0, 0.1) is 18.6 Å². The second kappa shape index (κ2) is 7.32. The van der Waals surface area contributed by atoms with E-state index in [4.69, 9.17) is 21.7 Å². The Morgan fingerprint density at radius 2 is 2.00 bits per heavy atom. The lowest BCUT2D eigenvalue weighted by atomic mass is 10.2. The Labute approximate surface area is 178 Å². The zero-order valence-corrected chi connectivity index (χ0v) is 17.7. The van der Waals surface area contributed by atoms with Crippen molar-refractivity contribution < 1.29 is 14.3 Å². The topological polar surface area (TPSA) is 86.1 Å². The van der Waals surface area contributed by atoms with Gasteiger partial charge in [-0.05, 0) is 57.1 Å². The van der Waals surface area contributed by atoms with Crippen LogP contribution in [-0.2, 0) is 6.54 Å². The first-order valence-corrected chi connectivity index (χ1v) is 10.5. The van der Waals surface area contributed by atoms with E-state index in [1.54, 1.807) is 0 Å². The van der Waals surface area contributed by atoms with E-state index in [9.17, 15) is 4.79 Å². The molecule has 2 aromatic heterocycles. The summed E-state index contributed by atoms with van der Waals surface area (Å²) in [5.41, 5.74) is 3.40. The molecule has 30 heavy (non-hydrogen) atoms. The fourth-order valence-electron chi connectivity index (χ4n) is 3.99. The number of carbonyl (C=O) groups is 1. The summed E-state index contributed by atoms with van der Waals surface area (Å²) >= 11 is 5.31. The number of amides is 1. The van der Waals surface area contributed by atoms with Gasteiger partial charge in [-0.1, -0.05) is 0 Å². The highest BCUT2D eigenvalue weighted by molar-refractivity contribution is 7.71. The number of hydrogen-bond acceptors (Lipinski definition) is 5. The summed E-state index contributed by atoms with van der Waals surface area (Å²) < 4.78 is 16.0. The first kappa shape index (κ1) is 18.9. The van der Waals surface area contributed by atoms with Crippen LogP contribution in [0.15, 0.2) is 24.3 Å². The number of fused-ring (bicyclic) bond motifs is 1. The summed E-state index contributed by atoms with van der Waals surface area (Å²) in [5, 5.41) is 10.1. The predicted molar refractivity (Wildman–Crippen MR) is 113 cm³/mol. The lowest BCUT2D eigenvalue weighted by Crippen LogP contribution is -2.25. The molecule has 1 saturated carbocycles. The summed E-state index contributed by atoms with van der Waals surface area (Å²) in [4.78, 5) is 12.9. The molecule has 2 aliphatic rings. The van der Waals surface area contributed by atoms with Crippen molar-refractivity contribution in [3.05, 3.63) is 51.8 Å². The average molecular weight is 426 g/mol. The van der Waals surface area contributed by atoms with E-state index in [0.717, 1.165) is 47.2 Å². The average Bonchev–Trinajstić information content (AvgIpc) is 3.45. The van der Waals surface area contributed by atoms with E-state index in [2.05, 4.69) is 15.5 Å². The van der Waals surface area contributed by atoms with Crippen molar-refractivity contribution in [2.75, 3.05) is 13.2 Å². The number of rotatable bonds is 5. The van der Waals surface area contributed by atoms with Crippen LogP contribution < -0.4 is 14.8 Å². The van der Waals surface area contributed by atoms with Crippen molar-refractivity contribution in [3.63, 3.8) is 0 Å². The van der Waals surface area contributed by atoms with E-state index in [-0.39, 0.29) is 5.91 Å². The van der Waals surface area contributed by atoms with Gasteiger partial charge in [0.05, 0.1) is 12.1 Å². The van der Waals surface area contributed by atoms with Gasteiger partial charge in [0.2, 0.25) is 0 Å². The van der Waals surface area contributed by atoms with Crippen LogP contribution in [0.4, 0.5) is 0 Å². The Morgan fingerprint density at radius 3 is 2.77 bits per heavy atom. The second-order valence-corrected chi connectivity index (χ2v) is 8.06. The molecule has 2 N–H and O–H groups in total. The van der Waals surface area contributed by atoms with E-state index in [1.807, 2.05) is 47.2 Å². The van der Waals surface area contributed by atoms with Crippen molar-refractivity contribution in [1.29, 1.82) is 0 Å². The van der Waals surface area contributed by atoms with Crippen LogP contribution in [0.1, 0.15) is 46.5 Å². The van der Waals surface area contributed by atoms with Gasteiger partial charge in [-0.15, -0.1) is 0 Å². The highest BCUT2D eigenvalue weighted by Gasteiger charge is 2.27. The number of aryl methyl sites for hydroxylation is 1.